The molecular weight excluding hydrogens is 250 g/mol. The van der Waals surface area contributed by atoms with Gasteiger partial charge in [0, 0.05) is 6.54 Å². The maximum Gasteiger partial charge on any atom is 0.328 e. The van der Waals surface area contributed by atoms with Crippen LogP contribution < -0.4 is 0 Å². The molecule has 0 aromatic heterocycles. The summed E-state index contributed by atoms with van der Waals surface area (Å²) in [7, 11) is 1.93. The lowest BCUT2D eigenvalue weighted by Crippen LogP contribution is -2.42. The first-order valence-corrected chi connectivity index (χ1v) is 6.90. The van der Waals surface area contributed by atoms with E-state index in [-0.39, 0.29) is 12.6 Å². The van der Waals surface area contributed by atoms with E-state index in [1.807, 2.05) is 37.1 Å². The molecule has 0 aromatic carbocycles. The Hall–Kier alpha value is -1.61. The fourth-order valence-electron chi connectivity index (χ4n) is 2.04. The number of hydrogen-bond acceptors (Lipinski definition) is 3. The van der Waals surface area contributed by atoms with Crippen LogP contribution in [0.1, 0.15) is 20.8 Å². The quantitative estimate of drug-likeness (QED) is 0.368. The summed E-state index contributed by atoms with van der Waals surface area (Å²) in [4.78, 5) is 14.3. The van der Waals surface area contributed by atoms with Gasteiger partial charge in [0.2, 0.25) is 0 Å². The van der Waals surface area contributed by atoms with Crippen LogP contribution >= 0.6 is 0 Å². The second kappa shape index (κ2) is 10.2. The lowest BCUT2D eigenvalue weighted by molar-refractivity contribution is -0.146. The number of carbonyl (C=O) groups excluding carboxylic acids is 1. The van der Waals surface area contributed by atoms with Gasteiger partial charge in [0.05, 0.1) is 0 Å². The predicted molar refractivity (Wildman–Crippen MR) is 85.5 cm³/mol. The fraction of sp³-hybridized carbons (Fsp3) is 0.471. The van der Waals surface area contributed by atoms with E-state index in [1.54, 1.807) is 12.2 Å². The predicted octanol–water partition coefficient (Wildman–Crippen LogP) is 3.36. The Bertz CT molecular complexity index is 380. The molecule has 0 rings (SSSR count). The molecule has 0 fully saturated rings. The zero-order chi connectivity index (χ0) is 15.5. The minimum absolute atomic E-state index is 0.224. The minimum Gasteiger partial charge on any atom is -0.460 e. The van der Waals surface area contributed by atoms with E-state index in [4.69, 9.17) is 4.74 Å². The molecule has 3 heteroatoms. The van der Waals surface area contributed by atoms with E-state index in [2.05, 4.69) is 27.0 Å². The fourth-order valence-corrected chi connectivity index (χ4v) is 2.04. The molecule has 0 saturated heterocycles. The first kappa shape index (κ1) is 18.4. The highest BCUT2D eigenvalue weighted by Gasteiger charge is 2.27. The molecule has 0 saturated carbocycles. The van der Waals surface area contributed by atoms with E-state index in [0.717, 1.165) is 12.1 Å². The topological polar surface area (TPSA) is 29.5 Å². The third kappa shape index (κ3) is 6.53. The SMILES string of the molecule is C=C/C=C(\C=C/C)C(C(=O)OCC=C)N(C)CC(C)C. The summed E-state index contributed by atoms with van der Waals surface area (Å²) in [5.74, 6) is 0.199. The van der Waals surface area contributed by atoms with Crippen molar-refractivity contribution in [2.45, 2.75) is 26.8 Å². The first-order chi connectivity index (χ1) is 9.47. The van der Waals surface area contributed by atoms with Crippen molar-refractivity contribution in [2.24, 2.45) is 5.92 Å². The Kier molecular flexibility index (Phi) is 9.39. The summed E-state index contributed by atoms with van der Waals surface area (Å²) in [6, 6.07) is -0.424. The van der Waals surface area contributed by atoms with E-state index >= 15 is 0 Å². The summed E-state index contributed by atoms with van der Waals surface area (Å²) < 4.78 is 5.22. The van der Waals surface area contributed by atoms with Crippen LogP contribution in [-0.2, 0) is 9.53 Å². The first-order valence-electron chi connectivity index (χ1n) is 6.90. The lowest BCUT2D eigenvalue weighted by atomic mass is 10.0. The second-order valence-corrected chi connectivity index (χ2v) is 5.06. The second-order valence-electron chi connectivity index (χ2n) is 5.06. The molecule has 3 nitrogen and oxygen atoms in total. The van der Waals surface area contributed by atoms with Crippen LogP contribution in [0.25, 0.3) is 0 Å². The van der Waals surface area contributed by atoms with Crippen molar-refractivity contribution in [1.29, 1.82) is 0 Å². The molecule has 1 unspecified atom stereocenters. The normalized spacial score (nSPS) is 13.8. The van der Waals surface area contributed by atoms with Crippen LogP contribution in [-0.4, -0.2) is 37.1 Å². The summed E-state index contributed by atoms with van der Waals surface area (Å²) in [5.41, 5.74) is 0.875. The molecule has 0 aromatic rings. The molecule has 0 amide bonds. The molecule has 0 aliphatic rings. The molecule has 0 aliphatic carbocycles. The van der Waals surface area contributed by atoms with Gasteiger partial charge in [-0.05, 0) is 25.5 Å². The van der Waals surface area contributed by atoms with Gasteiger partial charge in [0.15, 0.2) is 0 Å². The van der Waals surface area contributed by atoms with Gasteiger partial charge >= 0.3 is 5.97 Å². The molecule has 0 bridgehead atoms. The highest BCUT2D eigenvalue weighted by molar-refractivity contribution is 5.80. The number of nitrogens with zero attached hydrogens (tertiary/aromatic N) is 1. The van der Waals surface area contributed by atoms with E-state index < -0.39 is 6.04 Å². The van der Waals surface area contributed by atoms with Crippen molar-refractivity contribution in [3.8, 4) is 0 Å². The molecule has 0 N–H and O–H groups in total. The Morgan fingerprint density at radius 2 is 2.00 bits per heavy atom. The Balaban J connectivity index is 5.30. The van der Waals surface area contributed by atoms with Gasteiger partial charge in [-0.1, -0.05) is 57.4 Å². The van der Waals surface area contributed by atoms with Crippen LogP contribution in [0.4, 0.5) is 0 Å². The van der Waals surface area contributed by atoms with Crippen molar-refractivity contribution in [1.82, 2.24) is 4.90 Å². The molecule has 0 aliphatic heterocycles. The molecular formula is C17H27NO2. The average molecular weight is 277 g/mol. The van der Waals surface area contributed by atoms with Crippen molar-refractivity contribution < 1.29 is 9.53 Å². The number of allylic oxidation sites excluding steroid dienone is 3. The molecule has 0 radical (unpaired) electrons. The van der Waals surface area contributed by atoms with Crippen molar-refractivity contribution in [3.63, 3.8) is 0 Å². The third-order valence-corrected chi connectivity index (χ3v) is 2.65. The smallest absolute Gasteiger partial charge is 0.328 e. The van der Waals surface area contributed by atoms with E-state index in [0.29, 0.717) is 5.92 Å². The Labute approximate surface area is 123 Å². The number of ether oxygens (including phenoxy) is 1. The molecule has 0 spiro atoms. The van der Waals surface area contributed by atoms with Gasteiger partial charge in [0.25, 0.3) is 0 Å². The Morgan fingerprint density at radius 3 is 2.45 bits per heavy atom. The van der Waals surface area contributed by atoms with Gasteiger partial charge in [-0.15, -0.1) is 0 Å². The van der Waals surface area contributed by atoms with Crippen LogP contribution in [0.3, 0.4) is 0 Å². The Morgan fingerprint density at radius 1 is 1.35 bits per heavy atom. The zero-order valence-corrected chi connectivity index (χ0v) is 13.1. The van der Waals surface area contributed by atoms with Gasteiger partial charge in [-0.2, -0.15) is 0 Å². The van der Waals surface area contributed by atoms with Crippen molar-refractivity contribution >= 4 is 5.97 Å². The monoisotopic (exact) mass is 277 g/mol. The standard InChI is InChI=1S/C17H27NO2/c1-7-10-15(11-8-2)16(17(19)20-12-9-3)18(6)13-14(4)5/h7-11,14,16H,1,3,12-13H2,2,4-6H3/b11-8-,15-10+. The summed E-state index contributed by atoms with van der Waals surface area (Å²) in [6.45, 7) is 14.5. The summed E-state index contributed by atoms with van der Waals surface area (Å²) in [6.07, 6.45) is 8.93. The van der Waals surface area contributed by atoms with E-state index in [1.165, 1.54) is 0 Å². The number of rotatable bonds is 9. The average Bonchev–Trinajstić information content (AvgIpc) is 2.36. The van der Waals surface area contributed by atoms with Crippen molar-refractivity contribution in [3.05, 3.63) is 49.1 Å². The maximum atomic E-state index is 12.3. The molecule has 20 heavy (non-hydrogen) atoms. The molecule has 0 heterocycles. The van der Waals surface area contributed by atoms with Gasteiger partial charge in [-0.25, -0.2) is 4.79 Å². The van der Waals surface area contributed by atoms with Crippen molar-refractivity contribution in [2.75, 3.05) is 20.2 Å². The summed E-state index contributed by atoms with van der Waals surface area (Å²) >= 11 is 0. The zero-order valence-electron chi connectivity index (χ0n) is 13.1. The van der Waals surface area contributed by atoms with E-state index in [9.17, 15) is 4.79 Å². The number of hydrogen-bond donors (Lipinski definition) is 0. The highest BCUT2D eigenvalue weighted by atomic mass is 16.5. The number of carbonyl (C=O) groups is 1. The molecule has 112 valence electrons. The largest absolute Gasteiger partial charge is 0.460 e. The highest BCUT2D eigenvalue weighted by Crippen LogP contribution is 2.15. The van der Waals surface area contributed by atoms with Gasteiger partial charge < -0.3 is 4.74 Å². The van der Waals surface area contributed by atoms with Gasteiger partial charge in [0.1, 0.15) is 12.6 Å². The lowest BCUT2D eigenvalue weighted by Gasteiger charge is -2.28. The maximum absolute atomic E-state index is 12.3. The van der Waals surface area contributed by atoms with Gasteiger partial charge in [-0.3, -0.25) is 4.90 Å². The van der Waals surface area contributed by atoms with Crippen LogP contribution in [0.2, 0.25) is 0 Å². The molecule has 1 atom stereocenters. The number of likely N-dealkylation sites (N-methyl/N-ethyl adjacent to an activating group) is 1. The van der Waals surface area contributed by atoms with Crippen LogP contribution in [0, 0.1) is 5.92 Å². The number of esters is 1. The minimum atomic E-state index is -0.424. The van der Waals surface area contributed by atoms with Crippen LogP contribution in [0.5, 0.6) is 0 Å². The third-order valence-electron chi connectivity index (χ3n) is 2.65. The van der Waals surface area contributed by atoms with Crippen LogP contribution in [0.15, 0.2) is 49.1 Å². The summed E-state index contributed by atoms with van der Waals surface area (Å²) in [5, 5.41) is 0.